The van der Waals surface area contributed by atoms with Crippen LogP contribution in [-0.2, 0) is 11.2 Å². The summed E-state index contributed by atoms with van der Waals surface area (Å²) in [5.74, 6) is -0.0406. The Bertz CT molecular complexity index is 595. The molecule has 2 aromatic heterocycles. The molecule has 0 atom stereocenters. The molecule has 2 heterocycles. The summed E-state index contributed by atoms with van der Waals surface area (Å²) in [6, 6.07) is 3.87. The van der Waals surface area contributed by atoms with Crippen LogP contribution in [0, 0.1) is 13.8 Å². The fraction of sp³-hybridized carbons (Fsp3) is 0.308. The van der Waals surface area contributed by atoms with Gasteiger partial charge in [0.05, 0.1) is 12.1 Å². The van der Waals surface area contributed by atoms with Gasteiger partial charge in [0.25, 0.3) is 0 Å². The number of carboxylic acids is 1. The lowest BCUT2D eigenvalue weighted by molar-refractivity contribution is -0.136. The van der Waals surface area contributed by atoms with Crippen LogP contribution in [0.2, 0.25) is 0 Å². The summed E-state index contributed by atoms with van der Waals surface area (Å²) >= 11 is 1.48. The molecular weight excluding hydrogens is 262 g/mol. The summed E-state index contributed by atoms with van der Waals surface area (Å²) in [6.45, 7) is 3.89. The van der Waals surface area contributed by atoms with Gasteiger partial charge < -0.3 is 10.4 Å². The minimum absolute atomic E-state index is 0.130. The highest BCUT2D eigenvalue weighted by molar-refractivity contribution is 7.15. The van der Waals surface area contributed by atoms with Crippen molar-refractivity contribution in [2.24, 2.45) is 0 Å². The topological polar surface area (TPSA) is 75.1 Å². The summed E-state index contributed by atoms with van der Waals surface area (Å²) in [7, 11) is 0. The average Bonchev–Trinajstić information content (AvgIpc) is 2.67. The van der Waals surface area contributed by atoms with E-state index in [4.69, 9.17) is 5.11 Å². The van der Waals surface area contributed by atoms with Gasteiger partial charge in [-0.25, -0.2) is 9.97 Å². The molecule has 0 aliphatic heterocycles. The molecule has 19 heavy (non-hydrogen) atoms. The summed E-state index contributed by atoms with van der Waals surface area (Å²) in [6.07, 6.45) is 2.39. The van der Waals surface area contributed by atoms with Gasteiger partial charge in [-0.3, -0.25) is 4.79 Å². The normalized spacial score (nSPS) is 10.4. The van der Waals surface area contributed by atoms with E-state index in [1.54, 1.807) is 6.20 Å². The van der Waals surface area contributed by atoms with Gasteiger partial charge in [0.1, 0.15) is 5.82 Å². The first-order valence-electron chi connectivity index (χ1n) is 5.92. The Labute approximate surface area is 115 Å². The van der Waals surface area contributed by atoms with Crippen molar-refractivity contribution in [1.82, 2.24) is 9.97 Å². The molecule has 2 rings (SSSR count). The molecule has 100 valence electrons. The number of rotatable bonds is 5. The maximum absolute atomic E-state index is 10.6. The summed E-state index contributed by atoms with van der Waals surface area (Å²) < 4.78 is 0. The Hall–Kier alpha value is -1.95. The van der Waals surface area contributed by atoms with Crippen molar-refractivity contribution in [2.75, 3.05) is 5.32 Å². The molecule has 6 heteroatoms. The standard InChI is InChI=1S/C13H15N3O2S/c1-8-5-6-14-11(7-8)16-13-15-9(2)10(19-13)3-4-12(17)18/h5-7H,3-4H2,1-2H3,(H,17,18)(H,14,15,16). The van der Waals surface area contributed by atoms with E-state index in [9.17, 15) is 4.79 Å². The van der Waals surface area contributed by atoms with Gasteiger partial charge >= 0.3 is 5.97 Å². The van der Waals surface area contributed by atoms with Crippen LogP contribution in [0.4, 0.5) is 10.9 Å². The SMILES string of the molecule is Cc1ccnc(Nc2nc(C)c(CCC(=O)O)s2)c1. The van der Waals surface area contributed by atoms with Crippen LogP contribution in [0.5, 0.6) is 0 Å². The molecule has 5 nitrogen and oxygen atoms in total. The van der Waals surface area contributed by atoms with Gasteiger partial charge in [-0.1, -0.05) is 0 Å². The number of thiazole rings is 1. The summed E-state index contributed by atoms with van der Waals surface area (Å²) in [5.41, 5.74) is 2.00. The first kappa shape index (κ1) is 13.5. The fourth-order valence-electron chi connectivity index (χ4n) is 1.65. The largest absolute Gasteiger partial charge is 0.481 e. The van der Waals surface area contributed by atoms with E-state index >= 15 is 0 Å². The van der Waals surface area contributed by atoms with Gasteiger partial charge in [-0.2, -0.15) is 0 Å². The number of nitrogens with one attached hydrogen (secondary N) is 1. The third-order valence-electron chi connectivity index (χ3n) is 2.61. The molecule has 0 aliphatic carbocycles. The van der Waals surface area contributed by atoms with Crippen LogP contribution in [-0.4, -0.2) is 21.0 Å². The van der Waals surface area contributed by atoms with Crippen molar-refractivity contribution < 1.29 is 9.90 Å². The molecule has 0 aliphatic rings. The van der Waals surface area contributed by atoms with E-state index in [-0.39, 0.29) is 6.42 Å². The first-order chi connectivity index (χ1) is 9.04. The fourth-order valence-corrected chi connectivity index (χ4v) is 2.62. The van der Waals surface area contributed by atoms with E-state index in [1.165, 1.54) is 11.3 Å². The van der Waals surface area contributed by atoms with E-state index in [1.807, 2.05) is 26.0 Å². The second-order valence-corrected chi connectivity index (χ2v) is 5.35. The minimum Gasteiger partial charge on any atom is -0.481 e. The average molecular weight is 277 g/mol. The van der Waals surface area contributed by atoms with E-state index in [0.717, 1.165) is 27.1 Å². The number of aromatic nitrogens is 2. The third-order valence-corrected chi connectivity index (χ3v) is 3.74. The smallest absolute Gasteiger partial charge is 0.303 e. The van der Waals surface area contributed by atoms with Gasteiger partial charge in [0.15, 0.2) is 5.13 Å². The Kier molecular flexibility index (Phi) is 4.11. The zero-order chi connectivity index (χ0) is 13.8. The molecule has 0 bridgehead atoms. The lowest BCUT2D eigenvalue weighted by Crippen LogP contribution is -1.96. The molecule has 0 fully saturated rings. The molecule has 0 aromatic carbocycles. The zero-order valence-corrected chi connectivity index (χ0v) is 11.6. The number of carboxylic acid groups (broad SMARTS) is 1. The highest BCUT2D eigenvalue weighted by Crippen LogP contribution is 2.26. The quantitative estimate of drug-likeness (QED) is 0.879. The molecule has 2 aromatic rings. The highest BCUT2D eigenvalue weighted by atomic mass is 32.1. The van der Waals surface area contributed by atoms with Crippen molar-refractivity contribution >= 4 is 28.3 Å². The highest BCUT2D eigenvalue weighted by Gasteiger charge is 2.09. The van der Waals surface area contributed by atoms with Crippen LogP contribution in [0.15, 0.2) is 18.3 Å². The molecule has 0 spiro atoms. The predicted octanol–water partition coefficient (Wildman–Crippen LogP) is 2.92. The van der Waals surface area contributed by atoms with Gasteiger partial charge in [0, 0.05) is 11.1 Å². The van der Waals surface area contributed by atoms with E-state index < -0.39 is 5.97 Å². The molecule has 0 saturated heterocycles. The van der Waals surface area contributed by atoms with Crippen molar-refractivity contribution in [1.29, 1.82) is 0 Å². The van der Waals surface area contributed by atoms with Crippen LogP contribution in [0.3, 0.4) is 0 Å². The molecular formula is C13H15N3O2S. The number of aliphatic carboxylic acids is 1. The molecule has 0 radical (unpaired) electrons. The number of hydrogen-bond donors (Lipinski definition) is 2. The Morgan fingerprint density at radius 1 is 1.47 bits per heavy atom. The molecule has 0 unspecified atom stereocenters. The summed E-state index contributed by atoms with van der Waals surface area (Å²) in [5, 5.41) is 12.6. The number of aryl methyl sites for hydroxylation is 3. The van der Waals surface area contributed by atoms with Gasteiger partial charge in [0.2, 0.25) is 0 Å². The van der Waals surface area contributed by atoms with Crippen molar-refractivity contribution in [2.45, 2.75) is 26.7 Å². The van der Waals surface area contributed by atoms with Gasteiger partial charge in [-0.15, -0.1) is 11.3 Å². The van der Waals surface area contributed by atoms with Crippen LogP contribution < -0.4 is 5.32 Å². The van der Waals surface area contributed by atoms with Crippen molar-refractivity contribution in [3.05, 3.63) is 34.5 Å². The molecule has 2 N–H and O–H groups in total. The monoisotopic (exact) mass is 277 g/mol. The van der Waals surface area contributed by atoms with Gasteiger partial charge in [-0.05, 0) is 38.0 Å². The second-order valence-electron chi connectivity index (χ2n) is 4.26. The third kappa shape index (κ3) is 3.75. The zero-order valence-electron chi connectivity index (χ0n) is 10.8. The first-order valence-corrected chi connectivity index (χ1v) is 6.74. The number of carbonyl (C=O) groups is 1. The van der Waals surface area contributed by atoms with Crippen molar-refractivity contribution in [3.8, 4) is 0 Å². The van der Waals surface area contributed by atoms with E-state index in [2.05, 4.69) is 15.3 Å². The number of anilines is 2. The lowest BCUT2D eigenvalue weighted by Gasteiger charge is -2.01. The lowest BCUT2D eigenvalue weighted by atomic mass is 10.2. The Balaban J connectivity index is 2.09. The number of pyridine rings is 1. The van der Waals surface area contributed by atoms with Crippen molar-refractivity contribution in [3.63, 3.8) is 0 Å². The minimum atomic E-state index is -0.789. The second kappa shape index (κ2) is 5.79. The van der Waals surface area contributed by atoms with Crippen LogP contribution in [0.25, 0.3) is 0 Å². The Morgan fingerprint density at radius 2 is 2.26 bits per heavy atom. The molecule has 0 amide bonds. The number of hydrogen-bond acceptors (Lipinski definition) is 5. The number of nitrogens with zero attached hydrogens (tertiary/aromatic N) is 2. The summed E-state index contributed by atoms with van der Waals surface area (Å²) in [4.78, 5) is 20.2. The van der Waals surface area contributed by atoms with Crippen LogP contribution >= 0.6 is 11.3 Å². The Morgan fingerprint density at radius 3 is 2.95 bits per heavy atom. The van der Waals surface area contributed by atoms with E-state index in [0.29, 0.717) is 6.42 Å². The predicted molar refractivity (Wildman–Crippen MR) is 75.1 cm³/mol. The maximum Gasteiger partial charge on any atom is 0.303 e. The maximum atomic E-state index is 10.6. The molecule has 0 saturated carbocycles. The van der Waals surface area contributed by atoms with Crippen LogP contribution in [0.1, 0.15) is 22.6 Å².